The molecule has 1 aromatic rings. The van der Waals surface area contributed by atoms with Crippen LogP contribution in [0.15, 0.2) is 23.3 Å². The smallest absolute Gasteiger partial charge is 0.271 e. The lowest BCUT2D eigenvalue weighted by Gasteiger charge is -2.09. The van der Waals surface area contributed by atoms with Crippen LogP contribution in [-0.4, -0.2) is 52.0 Å². The molecule has 0 unspecified atom stereocenters. The molecule has 0 aliphatic rings. The fraction of sp³-hybridized carbons (Fsp3) is 0.438. The first-order valence-corrected chi connectivity index (χ1v) is 7.33. The van der Waals surface area contributed by atoms with Crippen LogP contribution in [0.2, 0.25) is 0 Å². The standard InChI is InChI=1S/C16H23N3O5/c1-11(9-15(20)17-7-8-22-2)18-19-16(21)12-5-6-13(23-3)14(10-12)24-4/h5-6,10H,7-9H2,1-4H3,(H,17,20)(H,19,21). The van der Waals surface area contributed by atoms with Crippen molar-refractivity contribution in [1.82, 2.24) is 10.7 Å². The Morgan fingerprint density at radius 1 is 1.12 bits per heavy atom. The highest BCUT2D eigenvalue weighted by molar-refractivity contribution is 6.01. The van der Waals surface area contributed by atoms with Crippen LogP contribution < -0.4 is 20.2 Å². The highest BCUT2D eigenvalue weighted by atomic mass is 16.5. The van der Waals surface area contributed by atoms with Gasteiger partial charge in [-0.05, 0) is 25.1 Å². The van der Waals surface area contributed by atoms with Gasteiger partial charge in [-0.15, -0.1) is 0 Å². The number of methoxy groups -OCH3 is 3. The van der Waals surface area contributed by atoms with Crippen LogP contribution in [0.4, 0.5) is 0 Å². The number of ether oxygens (including phenoxy) is 3. The third kappa shape index (κ3) is 6.25. The van der Waals surface area contributed by atoms with E-state index in [4.69, 9.17) is 14.2 Å². The minimum Gasteiger partial charge on any atom is -0.493 e. The second-order valence-corrected chi connectivity index (χ2v) is 4.88. The molecule has 8 heteroatoms. The molecule has 0 heterocycles. The summed E-state index contributed by atoms with van der Waals surface area (Å²) in [4.78, 5) is 23.7. The first kappa shape index (κ1) is 19.4. The maximum absolute atomic E-state index is 12.1. The molecule has 132 valence electrons. The van der Waals surface area contributed by atoms with Crippen molar-refractivity contribution in [3.63, 3.8) is 0 Å². The van der Waals surface area contributed by atoms with Gasteiger partial charge in [0.05, 0.1) is 27.2 Å². The molecule has 0 saturated heterocycles. The molecular formula is C16H23N3O5. The van der Waals surface area contributed by atoms with Crippen molar-refractivity contribution in [1.29, 1.82) is 0 Å². The molecule has 0 aliphatic carbocycles. The molecule has 1 aromatic carbocycles. The van der Waals surface area contributed by atoms with Crippen LogP contribution in [0.5, 0.6) is 11.5 Å². The Morgan fingerprint density at radius 3 is 2.46 bits per heavy atom. The third-order valence-electron chi connectivity index (χ3n) is 3.04. The summed E-state index contributed by atoms with van der Waals surface area (Å²) in [6.07, 6.45) is 0.0932. The van der Waals surface area contributed by atoms with Gasteiger partial charge in [0, 0.05) is 24.9 Å². The summed E-state index contributed by atoms with van der Waals surface area (Å²) < 4.78 is 15.1. The summed E-state index contributed by atoms with van der Waals surface area (Å²) in [5, 5.41) is 6.59. The van der Waals surface area contributed by atoms with Gasteiger partial charge in [-0.1, -0.05) is 0 Å². The number of carbonyl (C=O) groups is 2. The zero-order chi connectivity index (χ0) is 17.9. The Labute approximate surface area is 141 Å². The number of rotatable bonds is 9. The summed E-state index contributed by atoms with van der Waals surface area (Å²) >= 11 is 0. The number of hydrogen-bond acceptors (Lipinski definition) is 6. The monoisotopic (exact) mass is 337 g/mol. The zero-order valence-electron chi connectivity index (χ0n) is 14.3. The Kier molecular flexibility index (Phi) is 8.28. The zero-order valence-corrected chi connectivity index (χ0v) is 14.3. The lowest BCUT2D eigenvalue weighted by Crippen LogP contribution is -2.29. The van der Waals surface area contributed by atoms with Crippen LogP contribution in [0.1, 0.15) is 23.7 Å². The van der Waals surface area contributed by atoms with Crippen molar-refractivity contribution in [2.45, 2.75) is 13.3 Å². The fourth-order valence-corrected chi connectivity index (χ4v) is 1.82. The van der Waals surface area contributed by atoms with Crippen molar-refractivity contribution >= 4 is 17.5 Å². The maximum Gasteiger partial charge on any atom is 0.271 e. The minimum atomic E-state index is -0.407. The number of hydrogen-bond donors (Lipinski definition) is 2. The van der Waals surface area contributed by atoms with E-state index >= 15 is 0 Å². The number of amides is 2. The summed E-state index contributed by atoms with van der Waals surface area (Å²) in [6.45, 7) is 2.53. The van der Waals surface area contributed by atoms with Crippen molar-refractivity contribution < 1.29 is 23.8 Å². The fourth-order valence-electron chi connectivity index (χ4n) is 1.82. The summed E-state index contributed by atoms with van der Waals surface area (Å²) in [7, 11) is 4.57. The second kappa shape index (κ2) is 10.2. The van der Waals surface area contributed by atoms with Gasteiger partial charge in [-0.2, -0.15) is 5.10 Å². The largest absolute Gasteiger partial charge is 0.493 e. The predicted molar refractivity (Wildman–Crippen MR) is 89.6 cm³/mol. The maximum atomic E-state index is 12.1. The summed E-state index contributed by atoms with van der Waals surface area (Å²) in [5.41, 5.74) is 3.26. The van der Waals surface area contributed by atoms with E-state index in [1.54, 1.807) is 32.2 Å². The predicted octanol–water partition coefficient (Wildman–Crippen LogP) is 0.962. The third-order valence-corrected chi connectivity index (χ3v) is 3.04. The second-order valence-electron chi connectivity index (χ2n) is 4.88. The van der Waals surface area contributed by atoms with Gasteiger partial charge in [0.25, 0.3) is 5.91 Å². The number of benzene rings is 1. The van der Waals surface area contributed by atoms with Crippen LogP contribution >= 0.6 is 0 Å². The molecule has 1 rings (SSSR count). The minimum absolute atomic E-state index is 0.0932. The topological polar surface area (TPSA) is 98.2 Å². The molecule has 8 nitrogen and oxygen atoms in total. The van der Waals surface area contributed by atoms with Gasteiger partial charge in [-0.3, -0.25) is 9.59 Å². The first-order chi connectivity index (χ1) is 11.5. The van der Waals surface area contributed by atoms with Gasteiger partial charge < -0.3 is 19.5 Å². The molecule has 24 heavy (non-hydrogen) atoms. The van der Waals surface area contributed by atoms with Crippen LogP contribution in [0, 0.1) is 0 Å². The molecule has 0 atom stereocenters. The molecule has 0 saturated carbocycles. The SMILES string of the molecule is COCCNC(=O)CC(C)=NNC(=O)c1ccc(OC)c(OC)c1. The molecule has 2 N–H and O–H groups in total. The van der Waals surface area contributed by atoms with Crippen molar-refractivity contribution in [2.75, 3.05) is 34.5 Å². The van der Waals surface area contributed by atoms with Crippen molar-refractivity contribution in [3.8, 4) is 11.5 Å². The summed E-state index contributed by atoms with van der Waals surface area (Å²) in [5.74, 6) is 0.383. The van der Waals surface area contributed by atoms with E-state index in [-0.39, 0.29) is 12.3 Å². The number of nitrogens with zero attached hydrogens (tertiary/aromatic N) is 1. The quantitative estimate of drug-likeness (QED) is 0.397. The van der Waals surface area contributed by atoms with E-state index in [2.05, 4.69) is 15.8 Å². The van der Waals surface area contributed by atoms with Gasteiger partial charge in [0.1, 0.15) is 0 Å². The van der Waals surface area contributed by atoms with E-state index in [1.165, 1.54) is 14.2 Å². The lowest BCUT2D eigenvalue weighted by atomic mass is 10.2. The molecular weight excluding hydrogens is 314 g/mol. The molecule has 0 bridgehead atoms. The van der Waals surface area contributed by atoms with E-state index in [1.807, 2.05) is 0 Å². The van der Waals surface area contributed by atoms with Crippen LogP contribution in [0.3, 0.4) is 0 Å². The van der Waals surface area contributed by atoms with Crippen molar-refractivity contribution in [2.24, 2.45) is 5.10 Å². The average molecular weight is 337 g/mol. The molecule has 2 amide bonds. The lowest BCUT2D eigenvalue weighted by molar-refractivity contribution is -0.120. The number of carbonyl (C=O) groups excluding carboxylic acids is 2. The summed E-state index contributed by atoms with van der Waals surface area (Å²) in [6, 6.07) is 4.78. The van der Waals surface area contributed by atoms with Gasteiger partial charge in [0.2, 0.25) is 5.91 Å². The molecule has 0 aromatic heterocycles. The molecule has 0 spiro atoms. The van der Waals surface area contributed by atoms with Gasteiger partial charge in [0.15, 0.2) is 11.5 Å². The van der Waals surface area contributed by atoms with E-state index in [0.717, 1.165) is 0 Å². The van der Waals surface area contributed by atoms with Gasteiger partial charge >= 0.3 is 0 Å². The normalized spacial score (nSPS) is 10.9. The first-order valence-electron chi connectivity index (χ1n) is 7.33. The van der Waals surface area contributed by atoms with Crippen LogP contribution in [0.25, 0.3) is 0 Å². The molecule has 0 fully saturated rings. The van der Waals surface area contributed by atoms with Crippen molar-refractivity contribution in [3.05, 3.63) is 23.8 Å². The Balaban J connectivity index is 2.59. The van der Waals surface area contributed by atoms with E-state index in [9.17, 15) is 9.59 Å². The average Bonchev–Trinajstić information content (AvgIpc) is 2.59. The van der Waals surface area contributed by atoms with E-state index < -0.39 is 5.91 Å². The molecule has 0 aliphatic heterocycles. The highest BCUT2D eigenvalue weighted by Gasteiger charge is 2.10. The number of hydrazone groups is 1. The van der Waals surface area contributed by atoms with Crippen LogP contribution in [-0.2, 0) is 9.53 Å². The Bertz CT molecular complexity index is 601. The number of nitrogens with one attached hydrogen (secondary N) is 2. The highest BCUT2D eigenvalue weighted by Crippen LogP contribution is 2.27. The Morgan fingerprint density at radius 2 is 1.83 bits per heavy atom. The van der Waals surface area contributed by atoms with E-state index in [0.29, 0.717) is 35.9 Å². The van der Waals surface area contributed by atoms with Gasteiger partial charge in [-0.25, -0.2) is 5.43 Å². The Hall–Kier alpha value is -2.61. The molecule has 0 radical (unpaired) electrons.